The second-order valence-corrected chi connectivity index (χ2v) is 4.78. The van der Waals surface area contributed by atoms with E-state index in [1.165, 1.54) is 0 Å². The Morgan fingerprint density at radius 3 is 2.88 bits per heavy atom. The highest BCUT2D eigenvalue weighted by molar-refractivity contribution is 9.10. The van der Waals surface area contributed by atoms with Crippen LogP contribution >= 0.6 is 15.9 Å². The van der Waals surface area contributed by atoms with Crippen molar-refractivity contribution in [3.63, 3.8) is 0 Å². The van der Waals surface area contributed by atoms with Crippen LogP contribution in [0.15, 0.2) is 22.7 Å². The van der Waals surface area contributed by atoms with Gasteiger partial charge in [0.15, 0.2) is 6.61 Å². The zero-order valence-electron chi connectivity index (χ0n) is 10.3. The third-order valence-electron chi connectivity index (χ3n) is 2.30. The highest BCUT2D eigenvalue weighted by Gasteiger charge is 2.04. The minimum absolute atomic E-state index is 0.0609. The normalized spacial score (nSPS) is 10.1. The van der Waals surface area contributed by atoms with Crippen LogP contribution in [0.3, 0.4) is 0 Å². The summed E-state index contributed by atoms with van der Waals surface area (Å²) in [5.74, 6) is 0.618. The third-order valence-corrected chi connectivity index (χ3v) is 2.92. The molecule has 0 spiro atoms. The molecule has 0 fully saturated rings. The van der Waals surface area contributed by atoms with Crippen molar-refractivity contribution in [2.24, 2.45) is 0 Å². The molecule has 0 saturated heterocycles. The Morgan fingerprint density at radius 2 is 2.24 bits per heavy atom. The minimum Gasteiger partial charge on any atom is -0.483 e. The first-order valence-electron chi connectivity index (χ1n) is 5.79. The van der Waals surface area contributed by atoms with Crippen LogP contribution in [0.4, 0.5) is 0 Å². The Morgan fingerprint density at radius 1 is 1.47 bits per heavy atom. The molecule has 0 unspecified atom stereocenters. The van der Waals surface area contributed by atoms with E-state index in [1.54, 1.807) is 0 Å². The van der Waals surface area contributed by atoms with Gasteiger partial charge in [-0.1, -0.05) is 19.4 Å². The smallest absolute Gasteiger partial charge is 0.257 e. The molecular weight excluding hydrogens is 282 g/mol. The van der Waals surface area contributed by atoms with Crippen molar-refractivity contribution in [2.75, 3.05) is 13.2 Å². The molecule has 0 radical (unpaired) electrons. The molecule has 1 aromatic carbocycles. The predicted molar refractivity (Wildman–Crippen MR) is 72.3 cm³/mol. The van der Waals surface area contributed by atoms with Gasteiger partial charge in [-0.3, -0.25) is 4.79 Å². The molecule has 1 N–H and O–H groups in total. The number of carbonyl (C=O) groups is 1. The number of halogens is 1. The van der Waals surface area contributed by atoms with Crippen molar-refractivity contribution in [2.45, 2.75) is 26.7 Å². The van der Waals surface area contributed by atoms with Gasteiger partial charge in [0.2, 0.25) is 0 Å². The van der Waals surface area contributed by atoms with Crippen molar-refractivity contribution >= 4 is 21.8 Å². The highest BCUT2D eigenvalue weighted by Crippen LogP contribution is 2.25. The van der Waals surface area contributed by atoms with Gasteiger partial charge >= 0.3 is 0 Å². The number of unbranched alkanes of at least 4 members (excludes halogenated alkanes) is 1. The first kappa shape index (κ1) is 14.0. The average molecular weight is 300 g/mol. The number of benzene rings is 1. The number of rotatable bonds is 6. The largest absolute Gasteiger partial charge is 0.483 e. The summed E-state index contributed by atoms with van der Waals surface area (Å²) in [6.07, 6.45) is 2.07. The minimum atomic E-state index is -0.0778. The van der Waals surface area contributed by atoms with E-state index in [4.69, 9.17) is 4.74 Å². The molecule has 4 heteroatoms. The molecule has 0 saturated carbocycles. The van der Waals surface area contributed by atoms with Crippen molar-refractivity contribution in [3.8, 4) is 5.75 Å². The van der Waals surface area contributed by atoms with Gasteiger partial charge in [0.1, 0.15) is 5.75 Å². The van der Waals surface area contributed by atoms with Crippen LogP contribution in [0.1, 0.15) is 25.3 Å². The second-order valence-electron chi connectivity index (χ2n) is 3.93. The molecule has 1 aromatic rings. The van der Waals surface area contributed by atoms with Gasteiger partial charge in [0.05, 0.1) is 4.47 Å². The lowest BCUT2D eigenvalue weighted by Gasteiger charge is -2.09. The summed E-state index contributed by atoms with van der Waals surface area (Å²) in [4.78, 5) is 11.4. The number of hydrogen-bond donors (Lipinski definition) is 1. The number of carbonyl (C=O) groups excluding carboxylic acids is 1. The second kappa shape index (κ2) is 7.33. The maximum atomic E-state index is 11.4. The molecule has 1 amide bonds. The van der Waals surface area contributed by atoms with Crippen LogP contribution in [0, 0.1) is 6.92 Å². The van der Waals surface area contributed by atoms with Gasteiger partial charge in [-0.15, -0.1) is 0 Å². The standard InChI is InChI=1S/C13H18BrNO2/c1-3-4-7-15-13(16)9-17-12-6-5-10(2)8-11(12)14/h5-6,8H,3-4,7,9H2,1-2H3,(H,15,16). The molecule has 0 aliphatic carbocycles. The van der Waals surface area contributed by atoms with E-state index in [9.17, 15) is 4.79 Å². The van der Waals surface area contributed by atoms with Crippen molar-refractivity contribution in [1.82, 2.24) is 5.32 Å². The number of hydrogen-bond acceptors (Lipinski definition) is 2. The summed E-state index contributed by atoms with van der Waals surface area (Å²) >= 11 is 3.40. The Labute approximate surface area is 111 Å². The van der Waals surface area contributed by atoms with Crippen molar-refractivity contribution < 1.29 is 9.53 Å². The molecule has 0 aliphatic rings. The fraction of sp³-hybridized carbons (Fsp3) is 0.462. The van der Waals surface area contributed by atoms with Gasteiger partial charge in [-0.2, -0.15) is 0 Å². The van der Waals surface area contributed by atoms with E-state index < -0.39 is 0 Å². The van der Waals surface area contributed by atoms with E-state index in [2.05, 4.69) is 28.2 Å². The molecule has 94 valence electrons. The molecule has 3 nitrogen and oxygen atoms in total. The van der Waals surface area contributed by atoms with Gasteiger partial charge in [-0.05, 0) is 47.0 Å². The lowest BCUT2D eigenvalue weighted by atomic mass is 10.2. The van der Waals surface area contributed by atoms with Crippen LogP contribution in [-0.4, -0.2) is 19.1 Å². The first-order valence-corrected chi connectivity index (χ1v) is 6.58. The van der Waals surface area contributed by atoms with Gasteiger partial charge in [-0.25, -0.2) is 0 Å². The topological polar surface area (TPSA) is 38.3 Å². The Bertz CT molecular complexity index is 380. The van der Waals surface area contributed by atoms with E-state index in [0.717, 1.165) is 22.9 Å². The number of amides is 1. The maximum Gasteiger partial charge on any atom is 0.257 e. The number of nitrogens with one attached hydrogen (secondary N) is 1. The molecule has 0 heterocycles. The van der Waals surface area contributed by atoms with E-state index in [-0.39, 0.29) is 12.5 Å². The lowest BCUT2D eigenvalue weighted by molar-refractivity contribution is -0.123. The van der Waals surface area contributed by atoms with Crippen molar-refractivity contribution in [3.05, 3.63) is 28.2 Å². The van der Waals surface area contributed by atoms with Gasteiger partial charge in [0, 0.05) is 6.54 Å². The van der Waals surface area contributed by atoms with Crippen LogP contribution in [-0.2, 0) is 4.79 Å². The zero-order chi connectivity index (χ0) is 12.7. The Balaban J connectivity index is 2.37. The highest BCUT2D eigenvalue weighted by atomic mass is 79.9. The predicted octanol–water partition coefficient (Wildman–Crippen LogP) is 3.05. The van der Waals surface area contributed by atoms with E-state index in [1.807, 2.05) is 25.1 Å². The van der Waals surface area contributed by atoms with E-state index >= 15 is 0 Å². The Kier molecular flexibility index (Phi) is 6.05. The summed E-state index contributed by atoms with van der Waals surface area (Å²) in [7, 11) is 0. The van der Waals surface area contributed by atoms with Gasteiger partial charge < -0.3 is 10.1 Å². The summed E-state index contributed by atoms with van der Waals surface area (Å²) in [5, 5.41) is 2.81. The summed E-state index contributed by atoms with van der Waals surface area (Å²) in [6.45, 7) is 4.87. The molecular formula is C13H18BrNO2. The maximum absolute atomic E-state index is 11.4. The van der Waals surface area contributed by atoms with Crippen molar-refractivity contribution in [1.29, 1.82) is 0 Å². The Hall–Kier alpha value is -1.03. The average Bonchev–Trinajstić information content (AvgIpc) is 2.28. The molecule has 0 aliphatic heterocycles. The monoisotopic (exact) mass is 299 g/mol. The van der Waals surface area contributed by atoms with Gasteiger partial charge in [0.25, 0.3) is 5.91 Å². The van der Waals surface area contributed by atoms with Crippen LogP contribution in [0.2, 0.25) is 0 Å². The summed E-state index contributed by atoms with van der Waals surface area (Å²) < 4.78 is 6.30. The molecule has 1 rings (SSSR count). The fourth-order valence-electron chi connectivity index (χ4n) is 1.32. The molecule has 0 aromatic heterocycles. The number of aryl methyl sites for hydroxylation is 1. The SMILES string of the molecule is CCCCNC(=O)COc1ccc(C)cc1Br. The van der Waals surface area contributed by atoms with Crippen LogP contribution in [0.5, 0.6) is 5.75 Å². The zero-order valence-corrected chi connectivity index (χ0v) is 11.8. The fourth-order valence-corrected chi connectivity index (χ4v) is 1.93. The first-order chi connectivity index (χ1) is 8.13. The summed E-state index contributed by atoms with van der Waals surface area (Å²) in [6, 6.07) is 5.78. The summed E-state index contributed by atoms with van der Waals surface area (Å²) in [5.41, 5.74) is 1.15. The van der Waals surface area contributed by atoms with Crippen LogP contribution < -0.4 is 10.1 Å². The van der Waals surface area contributed by atoms with E-state index in [0.29, 0.717) is 12.3 Å². The van der Waals surface area contributed by atoms with Crippen LogP contribution in [0.25, 0.3) is 0 Å². The molecule has 0 bridgehead atoms. The number of ether oxygens (including phenoxy) is 1. The quantitative estimate of drug-likeness (QED) is 0.820. The molecule has 0 atom stereocenters. The lowest BCUT2D eigenvalue weighted by Crippen LogP contribution is -2.29. The third kappa shape index (κ3) is 5.22. The molecule has 17 heavy (non-hydrogen) atoms.